The van der Waals surface area contributed by atoms with Crippen LogP contribution in [-0.2, 0) is 0 Å². The van der Waals surface area contributed by atoms with Crippen molar-refractivity contribution in [3.63, 3.8) is 0 Å². The van der Waals surface area contributed by atoms with Gasteiger partial charge in [-0.15, -0.1) is 0 Å². The van der Waals surface area contributed by atoms with E-state index in [1.54, 1.807) is 13.3 Å². The number of methoxy groups -OCH3 is 1. The van der Waals surface area contributed by atoms with Gasteiger partial charge in [-0.05, 0) is 36.8 Å². The molecule has 18 heavy (non-hydrogen) atoms. The monoisotopic (exact) mass is 248 g/mol. The topological polar surface area (TPSA) is 72.2 Å². The lowest BCUT2D eigenvalue weighted by molar-refractivity contribution is 0.278. The van der Waals surface area contributed by atoms with E-state index in [2.05, 4.69) is 15.8 Å². The van der Waals surface area contributed by atoms with Gasteiger partial charge < -0.3 is 10.5 Å². The lowest BCUT2D eigenvalue weighted by Crippen LogP contribution is -2.39. The number of hydrogen-bond acceptors (Lipinski definition) is 5. The number of ether oxygens (including phenoxy) is 1. The molecule has 1 saturated carbocycles. The summed E-state index contributed by atoms with van der Waals surface area (Å²) in [6, 6.07) is 5.22. The van der Waals surface area contributed by atoms with Crippen LogP contribution in [0.15, 0.2) is 18.3 Å². The van der Waals surface area contributed by atoms with Crippen LogP contribution in [0.3, 0.4) is 0 Å². The Balaban J connectivity index is 1.83. The number of hydrogen-bond donors (Lipinski definition) is 3. The third kappa shape index (κ3) is 2.09. The van der Waals surface area contributed by atoms with Crippen LogP contribution in [0, 0.1) is 5.92 Å². The van der Waals surface area contributed by atoms with E-state index in [0.29, 0.717) is 29.9 Å². The Kier molecular flexibility index (Phi) is 3.20. The number of pyridine rings is 1. The Hall–Kier alpha value is -1.17. The van der Waals surface area contributed by atoms with Crippen LogP contribution in [0.1, 0.15) is 30.9 Å². The smallest absolute Gasteiger partial charge is 0.213 e. The molecule has 4 atom stereocenters. The Bertz CT molecular complexity index is 425. The third-order valence-electron chi connectivity index (χ3n) is 4.12. The lowest BCUT2D eigenvalue weighted by atomic mass is 9.78. The molecule has 5 heteroatoms. The van der Waals surface area contributed by atoms with E-state index in [1.165, 1.54) is 5.56 Å². The third-order valence-corrected chi connectivity index (χ3v) is 4.12. The van der Waals surface area contributed by atoms with Crippen molar-refractivity contribution >= 4 is 0 Å². The first-order valence-electron chi connectivity index (χ1n) is 6.54. The summed E-state index contributed by atoms with van der Waals surface area (Å²) in [5.41, 5.74) is 14.1. The van der Waals surface area contributed by atoms with E-state index in [4.69, 9.17) is 10.5 Å². The van der Waals surface area contributed by atoms with Crippen molar-refractivity contribution in [3.8, 4) is 5.88 Å². The van der Waals surface area contributed by atoms with E-state index < -0.39 is 0 Å². The van der Waals surface area contributed by atoms with Gasteiger partial charge in [0.1, 0.15) is 0 Å². The molecule has 1 aromatic rings. The van der Waals surface area contributed by atoms with Crippen molar-refractivity contribution in [1.29, 1.82) is 0 Å². The summed E-state index contributed by atoms with van der Waals surface area (Å²) >= 11 is 0. The molecule has 0 aromatic carbocycles. The molecule has 3 rings (SSSR count). The fourth-order valence-electron chi connectivity index (χ4n) is 3.15. The SMILES string of the molecule is COc1cc(C2NNC3CCC(N)CC32)ccn1. The number of nitrogens with two attached hydrogens (primary N) is 1. The summed E-state index contributed by atoms with van der Waals surface area (Å²) in [6.45, 7) is 0. The van der Waals surface area contributed by atoms with Crippen LogP contribution in [0.4, 0.5) is 0 Å². The second kappa shape index (κ2) is 4.84. The van der Waals surface area contributed by atoms with Gasteiger partial charge >= 0.3 is 0 Å². The maximum Gasteiger partial charge on any atom is 0.213 e. The predicted octanol–water partition coefficient (Wildman–Crippen LogP) is 0.735. The number of fused-ring (bicyclic) bond motifs is 1. The van der Waals surface area contributed by atoms with Crippen LogP contribution in [0.25, 0.3) is 0 Å². The number of aromatic nitrogens is 1. The normalized spacial score (nSPS) is 35.2. The molecule has 2 fully saturated rings. The highest BCUT2D eigenvalue weighted by molar-refractivity contribution is 5.25. The molecule has 1 aromatic heterocycles. The second-order valence-electron chi connectivity index (χ2n) is 5.24. The molecule has 2 heterocycles. The van der Waals surface area contributed by atoms with Crippen LogP contribution >= 0.6 is 0 Å². The molecule has 0 spiro atoms. The van der Waals surface area contributed by atoms with E-state index >= 15 is 0 Å². The number of hydrazine groups is 1. The largest absolute Gasteiger partial charge is 0.481 e. The molecule has 1 saturated heterocycles. The Morgan fingerprint density at radius 3 is 3.11 bits per heavy atom. The van der Waals surface area contributed by atoms with Gasteiger partial charge in [0.15, 0.2) is 0 Å². The number of rotatable bonds is 2. The molecule has 0 bridgehead atoms. The average molecular weight is 248 g/mol. The van der Waals surface area contributed by atoms with E-state index in [0.717, 1.165) is 19.3 Å². The zero-order chi connectivity index (χ0) is 12.5. The zero-order valence-corrected chi connectivity index (χ0v) is 10.6. The summed E-state index contributed by atoms with van der Waals surface area (Å²) in [6.07, 6.45) is 5.13. The van der Waals surface area contributed by atoms with Crippen molar-refractivity contribution in [2.45, 2.75) is 37.4 Å². The van der Waals surface area contributed by atoms with Gasteiger partial charge in [0.05, 0.1) is 13.2 Å². The first kappa shape index (κ1) is 11.9. The summed E-state index contributed by atoms with van der Waals surface area (Å²) in [5.74, 6) is 1.22. The van der Waals surface area contributed by atoms with E-state index in [9.17, 15) is 0 Å². The average Bonchev–Trinajstić information content (AvgIpc) is 2.81. The summed E-state index contributed by atoms with van der Waals surface area (Å²) < 4.78 is 5.19. The standard InChI is InChI=1S/C13H20N4O/c1-18-12-6-8(4-5-15-12)13-10-7-9(14)2-3-11(10)16-17-13/h4-6,9-11,13,16-17H,2-3,7,14H2,1H3. The maximum atomic E-state index is 6.09. The van der Waals surface area contributed by atoms with Gasteiger partial charge in [0.25, 0.3) is 0 Å². The highest BCUT2D eigenvalue weighted by Crippen LogP contribution is 2.37. The molecular formula is C13H20N4O. The zero-order valence-electron chi connectivity index (χ0n) is 10.6. The quantitative estimate of drug-likeness (QED) is 0.720. The maximum absolute atomic E-state index is 6.09. The highest BCUT2D eigenvalue weighted by Gasteiger charge is 2.40. The Morgan fingerprint density at radius 1 is 1.39 bits per heavy atom. The molecule has 0 radical (unpaired) electrons. The first-order chi connectivity index (χ1) is 8.78. The summed E-state index contributed by atoms with van der Waals surface area (Å²) in [7, 11) is 1.64. The van der Waals surface area contributed by atoms with E-state index in [-0.39, 0.29) is 0 Å². The molecule has 98 valence electrons. The minimum absolute atomic E-state index is 0.304. The van der Waals surface area contributed by atoms with Crippen molar-refractivity contribution in [1.82, 2.24) is 15.8 Å². The van der Waals surface area contributed by atoms with Crippen molar-refractivity contribution in [3.05, 3.63) is 23.9 Å². The van der Waals surface area contributed by atoms with Crippen molar-refractivity contribution < 1.29 is 4.74 Å². The second-order valence-corrected chi connectivity index (χ2v) is 5.24. The molecule has 1 aliphatic heterocycles. The molecule has 4 unspecified atom stereocenters. The van der Waals surface area contributed by atoms with Crippen molar-refractivity contribution in [2.75, 3.05) is 7.11 Å². The van der Waals surface area contributed by atoms with Crippen LogP contribution in [-0.4, -0.2) is 24.2 Å². The molecule has 0 amide bonds. The van der Waals surface area contributed by atoms with Gasteiger partial charge in [-0.1, -0.05) is 0 Å². The highest BCUT2D eigenvalue weighted by atomic mass is 16.5. The predicted molar refractivity (Wildman–Crippen MR) is 68.9 cm³/mol. The Morgan fingerprint density at radius 2 is 2.28 bits per heavy atom. The molecule has 4 N–H and O–H groups in total. The van der Waals surface area contributed by atoms with E-state index in [1.807, 2.05) is 12.1 Å². The summed E-state index contributed by atoms with van der Waals surface area (Å²) in [5, 5.41) is 0. The molecule has 5 nitrogen and oxygen atoms in total. The number of nitrogens with one attached hydrogen (secondary N) is 2. The van der Waals surface area contributed by atoms with Crippen LogP contribution < -0.4 is 21.3 Å². The lowest BCUT2D eigenvalue weighted by Gasteiger charge is -2.31. The molecular weight excluding hydrogens is 228 g/mol. The van der Waals surface area contributed by atoms with Gasteiger partial charge in [0, 0.05) is 24.3 Å². The van der Waals surface area contributed by atoms with Gasteiger partial charge in [0.2, 0.25) is 5.88 Å². The van der Waals surface area contributed by atoms with Gasteiger partial charge in [-0.3, -0.25) is 5.43 Å². The number of nitrogens with zero attached hydrogens (tertiary/aromatic N) is 1. The fraction of sp³-hybridized carbons (Fsp3) is 0.615. The summed E-state index contributed by atoms with van der Waals surface area (Å²) in [4.78, 5) is 4.15. The fourth-order valence-corrected chi connectivity index (χ4v) is 3.15. The molecule has 2 aliphatic rings. The van der Waals surface area contributed by atoms with Gasteiger partial charge in [-0.2, -0.15) is 0 Å². The van der Waals surface area contributed by atoms with Crippen LogP contribution in [0.2, 0.25) is 0 Å². The minimum Gasteiger partial charge on any atom is -0.481 e. The minimum atomic E-state index is 0.304. The Labute approximate surface area is 107 Å². The van der Waals surface area contributed by atoms with Crippen molar-refractivity contribution in [2.24, 2.45) is 11.7 Å². The first-order valence-corrected chi connectivity index (χ1v) is 6.54. The van der Waals surface area contributed by atoms with Crippen LogP contribution in [0.5, 0.6) is 5.88 Å². The van der Waals surface area contributed by atoms with Gasteiger partial charge in [-0.25, -0.2) is 10.4 Å². The molecule has 1 aliphatic carbocycles.